The van der Waals surface area contributed by atoms with Crippen LogP contribution in [-0.4, -0.2) is 22.6 Å². The standard InChI is InChI=1S/C8H12N2O3S/c1-10-14(11,12)8-5-6(13-2)3-4-7(8)9/h3-5,10H,9H2,1-2H3. The number of sulfonamides is 1. The van der Waals surface area contributed by atoms with Crippen LogP contribution in [0, 0.1) is 0 Å². The summed E-state index contributed by atoms with van der Waals surface area (Å²) in [5.74, 6) is 0.452. The fraction of sp³-hybridized carbons (Fsp3) is 0.250. The van der Waals surface area contributed by atoms with Gasteiger partial charge >= 0.3 is 0 Å². The molecule has 1 aromatic rings. The number of rotatable bonds is 3. The molecule has 0 unspecified atom stereocenters. The number of benzene rings is 1. The summed E-state index contributed by atoms with van der Waals surface area (Å²) >= 11 is 0. The molecule has 0 atom stereocenters. The van der Waals surface area contributed by atoms with Crippen LogP contribution in [0.3, 0.4) is 0 Å². The van der Waals surface area contributed by atoms with E-state index in [4.69, 9.17) is 10.5 Å². The molecule has 0 spiro atoms. The molecular weight excluding hydrogens is 204 g/mol. The highest BCUT2D eigenvalue weighted by Gasteiger charge is 2.15. The third-order valence-electron chi connectivity index (χ3n) is 1.78. The monoisotopic (exact) mass is 216 g/mol. The van der Waals surface area contributed by atoms with Crippen molar-refractivity contribution in [2.45, 2.75) is 4.90 Å². The highest BCUT2D eigenvalue weighted by atomic mass is 32.2. The van der Waals surface area contributed by atoms with E-state index in [9.17, 15) is 8.42 Å². The van der Waals surface area contributed by atoms with Gasteiger partial charge in [-0.3, -0.25) is 0 Å². The first-order chi connectivity index (χ1) is 6.51. The first kappa shape index (κ1) is 10.8. The van der Waals surface area contributed by atoms with Crippen LogP contribution in [0.4, 0.5) is 5.69 Å². The van der Waals surface area contributed by atoms with E-state index in [1.165, 1.54) is 26.3 Å². The number of nitrogens with one attached hydrogen (secondary N) is 1. The van der Waals surface area contributed by atoms with Crippen LogP contribution in [0.2, 0.25) is 0 Å². The molecule has 0 bridgehead atoms. The van der Waals surface area contributed by atoms with Gasteiger partial charge in [0.15, 0.2) is 0 Å². The third-order valence-corrected chi connectivity index (χ3v) is 3.25. The van der Waals surface area contributed by atoms with Crippen LogP contribution in [0.1, 0.15) is 0 Å². The lowest BCUT2D eigenvalue weighted by Crippen LogP contribution is -2.19. The Kier molecular flexibility index (Phi) is 2.97. The summed E-state index contributed by atoms with van der Waals surface area (Å²) in [7, 11) is -0.729. The SMILES string of the molecule is CNS(=O)(=O)c1cc(OC)ccc1N. The molecule has 0 saturated heterocycles. The van der Waals surface area contributed by atoms with Gasteiger partial charge in [0.2, 0.25) is 10.0 Å². The molecule has 78 valence electrons. The lowest BCUT2D eigenvalue weighted by atomic mass is 10.3. The number of nitrogens with two attached hydrogens (primary N) is 1. The van der Waals surface area contributed by atoms with Gasteiger partial charge in [0, 0.05) is 6.07 Å². The van der Waals surface area contributed by atoms with E-state index in [1.54, 1.807) is 6.07 Å². The Bertz CT molecular complexity index is 428. The molecular formula is C8H12N2O3S. The zero-order valence-electron chi connectivity index (χ0n) is 7.94. The molecule has 3 N–H and O–H groups in total. The molecule has 0 aliphatic carbocycles. The van der Waals surface area contributed by atoms with E-state index in [2.05, 4.69) is 4.72 Å². The topological polar surface area (TPSA) is 81.4 Å². The summed E-state index contributed by atoms with van der Waals surface area (Å²) in [6.07, 6.45) is 0. The van der Waals surface area contributed by atoms with Crippen LogP contribution in [0.15, 0.2) is 23.1 Å². The van der Waals surface area contributed by atoms with Crippen molar-refractivity contribution in [3.05, 3.63) is 18.2 Å². The Balaban J connectivity index is 3.33. The van der Waals surface area contributed by atoms with E-state index in [0.29, 0.717) is 5.75 Å². The fourth-order valence-electron chi connectivity index (χ4n) is 0.984. The predicted octanol–water partition coefficient (Wildman–Crippen LogP) is 0.186. The molecule has 0 saturated carbocycles. The van der Waals surface area contributed by atoms with Crippen molar-refractivity contribution >= 4 is 15.7 Å². The van der Waals surface area contributed by atoms with Crippen molar-refractivity contribution in [1.82, 2.24) is 4.72 Å². The van der Waals surface area contributed by atoms with Crippen LogP contribution in [-0.2, 0) is 10.0 Å². The highest BCUT2D eigenvalue weighted by molar-refractivity contribution is 7.89. The number of hydrogen-bond acceptors (Lipinski definition) is 4. The molecule has 1 aromatic carbocycles. The van der Waals surface area contributed by atoms with Gasteiger partial charge in [-0.25, -0.2) is 13.1 Å². The smallest absolute Gasteiger partial charge is 0.242 e. The minimum atomic E-state index is -3.52. The Morgan fingerprint density at radius 1 is 1.43 bits per heavy atom. The molecule has 0 aromatic heterocycles. The summed E-state index contributed by atoms with van der Waals surface area (Å²) in [6, 6.07) is 4.47. The second kappa shape index (κ2) is 3.85. The maximum Gasteiger partial charge on any atom is 0.242 e. The molecule has 0 heterocycles. The quantitative estimate of drug-likeness (QED) is 0.706. The van der Waals surface area contributed by atoms with Crippen molar-refractivity contribution in [3.8, 4) is 5.75 Å². The van der Waals surface area contributed by atoms with E-state index < -0.39 is 10.0 Å². The Hall–Kier alpha value is -1.27. The molecule has 0 aliphatic heterocycles. The van der Waals surface area contributed by atoms with Crippen LogP contribution in [0.25, 0.3) is 0 Å². The summed E-state index contributed by atoms with van der Waals surface area (Å²) in [5.41, 5.74) is 5.73. The average Bonchev–Trinajstić information content (AvgIpc) is 2.18. The summed E-state index contributed by atoms with van der Waals surface area (Å²) in [5, 5.41) is 0. The highest BCUT2D eigenvalue weighted by Crippen LogP contribution is 2.23. The maximum absolute atomic E-state index is 11.4. The van der Waals surface area contributed by atoms with Crippen molar-refractivity contribution < 1.29 is 13.2 Å². The van der Waals surface area contributed by atoms with Gasteiger partial charge in [-0.2, -0.15) is 0 Å². The van der Waals surface area contributed by atoms with E-state index in [0.717, 1.165) is 0 Å². The van der Waals surface area contributed by atoms with Crippen molar-refractivity contribution in [3.63, 3.8) is 0 Å². The number of ether oxygens (including phenoxy) is 1. The zero-order valence-corrected chi connectivity index (χ0v) is 8.76. The average molecular weight is 216 g/mol. The molecule has 14 heavy (non-hydrogen) atoms. The van der Waals surface area contributed by atoms with Gasteiger partial charge in [0.25, 0.3) is 0 Å². The summed E-state index contributed by atoms with van der Waals surface area (Å²) in [4.78, 5) is 0.0272. The van der Waals surface area contributed by atoms with Gasteiger partial charge in [-0.15, -0.1) is 0 Å². The van der Waals surface area contributed by atoms with Gasteiger partial charge in [0.05, 0.1) is 12.8 Å². The molecule has 0 aliphatic rings. The maximum atomic E-state index is 11.4. The van der Waals surface area contributed by atoms with E-state index >= 15 is 0 Å². The molecule has 0 radical (unpaired) electrons. The molecule has 0 fully saturated rings. The first-order valence-electron chi connectivity index (χ1n) is 3.88. The number of methoxy groups -OCH3 is 1. The molecule has 5 nitrogen and oxygen atoms in total. The number of hydrogen-bond donors (Lipinski definition) is 2. The van der Waals surface area contributed by atoms with Crippen LogP contribution >= 0.6 is 0 Å². The molecule has 0 amide bonds. The van der Waals surface area contributed by atoms with Gasteiger partial charge in [-0.1, -0.05) is 0 Å². The minimum absolute atomic E-state index is 0.0272. The largest absolute Gasteiger partial charge is 0.497 e. The Labute approximate surface area is 82.9 Å². The van der Waals surface area contributed by atoms with Crippen LogP contribution < -0.4 is 15.2 Å². The van der Waals surface area contributed by atoms with Gasteiger partial charge < -0.3 is 10.5 Å². The lowest BCUT2D eigenvalue weighted by Gasteiger charge is -2.07. The lowest BCUT2D eigenvalue weighted by molar-refractivity contribution is 0.413. The van der Waals surface area contributed by atoms with Gasteiger partial charge in [-0.05, 0) is 19.2 Å². The Morgan fingerprint density at radius 2 is 2.07 bits per heavy atom. The fourth-order valence-corrected chi connectivity index (χ4v) is 1.85. The van der Waals surface area contributed by atoms with Crippen LogP contribution in [0.5, 0.6) is 5.75 Å². The predicted molar refractivity (Wildman–Crippen MR) is 53.7 cm³/mol. The second-order valence-electron chi connectivity index (χ2n) is 2.61. The van der Waals surface area contributed by atoms with Crippen molar-refractivity contribution in [1.29, 1.82) is 0 Å². The second-order valence-corrected chi connectivity index (χ2v) is 4.47. The normalized spacial score (nSPS) is 11.3. The zero-order chi connectivity index (χ0) is 10.8. The summed E-state index contributed by atoms with van der Waals surface area (Å²) < 4.78 is 30.0. The number of nitrogen functional groups attached to an aromatic ring is 1. The van der Waals surface area contributed by atoms with E-state index in [1.807, 2.05) is 0 Å². The minimum Gasteiger partial charge on any atom is -0.497 e. The Morgan fingerprint density at radius 3 is 2.57 bits per heavy atom. The molecule has 1 rings (SSSR count). The number of anilines is 1. The van der Waals surface area contributed by atoms with Crippen molar-refractivity contribution in [2.75, 3.05) is 19.9 Å². The summed E-state index contributed by atoms with van der Waals surface area (Å²) in [6.45, 7) is 0. The molecule has 6 heteroatoms. The first-order valence-corrected chi connectivity index (χ1v) is 5.36. The third kappa shape index (κ3) is 1.97. The van der Waals surface area contributed by atoms with E-state index in [-0.39, 0.29) is 10.6 Å². The van der Waals surface area contributed by atoms with Gasteiger partial charge in [0.1, 0.15) is 10.6 Å². The van der Waals surface area contributed by atoms with Crippen molar-refractivity contribution in [2.24, 2.45) is 0 Å².